The fourth-order valence-corrected chi connectivity index (χ4v) is 1.16. The molecule has 0 aromatic heterocycles. The van der Waals surface area contributed by atoms with E-state index in [0.29, 0.717) is 19.4 Å². The summed E-state index contributed by atoms with van der Waals surface area (Å²) < 4.78 is 37.2. The molecule has 0 heterocycles. The predicted octanol–water partition coefficient (Wildman–Crippen LogP) is 2.20. The van der Waals surface area contributed by atoms with Gasteiger partial charge in [-0.1, -0.05) is 12.1 Å². The molecule has 0 saturated carbocycles. The van der Waals surface area contributed by atoms with E-state index in [1.807, 2.05) is 0 Å². The number of hydrogen-bond donors (Lipinski definition) is 1. The van der Waals surface area contributed by atoms with Crippen LogP contribution in [0.25, 0.3) is 0 Å². The van der Waals surface area contributed by atoms with Crippen LogP contribution in [0.15, 0.2) is 12.1 Å². The van der Waals surface area contributed by atoms with Crippen LogP contribution in [0.2, 0.25) is 0 Å². The van der Waals surface area contributed by atoms with Gasteiger partial charge in [0.2, 0.25) is 0 Å². The standard InChI is InChI=1S/C10H10F3N/c11-10(12,13)9-6-2-1-4-8(9)5-3-7-14/h2,6H,3,5,7,14H2. The van der Waals surface area contributed by atoms with Crippen LogP contribution in [0.5, 0.6) is 0 Å². The van der Waals surface area contributed by atoms with Gasteiger partial charge in [-0.05, 0) is 31.5 Å². The van der Waals surface area contributed by atoms with E-state index in [4.69, 9.17) is 5.73 Å². The molecule has 0 fully saturated rings. The first-order valence-corrected chi connectivity index (χ1v) is 4.24. The Kier molecular flexibility index (Phi) is 3.37. The summed E-state index contributed by atoms with van der Waals surface area (Å²) in [7, 11) is 0. The molecule has 0 unspecified atom stereocenters. The highest BCUT2D eigenvalue weighted by molar-refractivity contribution is 5.25. The fourth-order valence-electron chi connectivity index (χ4n) is 1.16. The van der Waals surface area contributed by atoms with Crippen LogP contribution in [-0.2, 0) is 12.6 Å². The Morgan fingerprint density at radius 3 is 2.64 bits per heavy atom. The molecule has 0 bridgehead atoms. The molecular formula is C10H10F3N. The van der Waals surface area contributed by atoms with Crippen molar-refractivity contribution in [3.05, 3.63) is 35.4 Å². The SMILES string of the molecule is NCCCc1c#cccc1C(F)(F)F. The van der Waals surface area contributed by atoms with E-state index in [1.165, 1.54) is 6.07 Å². The molecule has 4 heteroatoms. The van der Waals surface area contributed by atoms with E-state index >= 15 is 0 Å². The maximum atomic E-state index is 12.4. The Bertz CT molecular complexity index is 294. The zero-order valence-electron chi connectivity index (χ0n) is 7.49. The normalized spacial score (nSPS) is 11.1. The number of hydrogen-bond acceptors (Lipinski definition) is 1. The molecule has 76 valence electrons. The summed E-state index contributed by atoms with van der Waals surface area (Å²) in [6.07, 6.45) is -3.49. The Hall–Kier alpha value is -1.21. The average Bonchev–Trinajstić information content (AvgIpc) is 2.14. The maximum absolute atomic E-state index is 12.4. The van der Waals surface area contributed by atoms with Crippen molar-refractivity contribution in [2.24, 2.45) is 5.73 Å². The molecule has 0 aliphatic carbocycles. The van der Waals surface area contributed by atoms with Crippen molar-refractivity contribution < 1.29 is 13.2 Å². The summed E-state index contributed by atoms with van der Waals surface area (Å²) in [5, 5.41) is 0. The minimum absolute atomic E-state index is 0.144. The third kappa shape index (κ3) is 2.64. The quantitative estimate of drug-likeness (QED) is 0.797. The Morgan fingerprint density at radius 2 is 2.07 bits per heavy atom. The molecule has 1 nitrogen and oxygen atoms in total. The van der Waals surface area contributed by atoms with Crippen molar-refractivity contribution in [3.8, 4) is 0 Å². The fraction of sp³-hybridized carbons (Fsp3) is 0.400. The Balaban J connectivity index is 2.92. The molecule has 2 N–H and O–H groups in total. The highest BCUT2D eigenvalue weighted by atomic mass is 19.4. The van der Waals surface area contributed by atoms with Gasteiger partial charge in [0.1, 0.15) is 0 Å². The van der Waals surface area contributed by atoms with E-state index in [-0.39, 0.29) is 5.56 Å². The minimum atomic E-state index is -4.31. The summed E-state index contributed by atoms with van der Waals surface area (Å²) in [6.45, 7) is 0.375. The second kappa shape index (κ2) is 4.34. The summed E-state index contributed by atoms with van der Waals surface area (Å²) in [5.74, 6) is 0. The highest BCUT2D eigenvalue weighted by Gasteiger charge is 2.32. The second-order valence-electron chi connectivity index (χ2n) is 2.88. The number of alkyl halides is 3. The molecule has 0 atom stereocenters. The summed E-state index contributed by atoms with van der Waals surface area (Å²) >= 11 is 0. The van der Waals surface area contributed by atoms with Crippen LogP contribution in [0.4, 0.5) is 13.2 Å². The maximum Gasteiger partial charge on any atom is 0.417 e. The first kappa shape index (κ1) is 10.9. The predicted molar refractivity (Wildman–Crippen MR) is 46.5 cm³/mol. The molecule has 0 radical (unpaired) electrons. The van der Waals surface area contributed by atoms with E-state index in [9.17, 15) is 13.2 Å². The number of halogens is 3. The van der Waals surface area contributed by atoms with Crippen molar-refractivity contribution in [3.63, 3.8) is 0 Å². The van der Waals surface area contributed by atoms with Gasteiger partial charge in [0, 0.05) is 5.56 Å². The van der Waals surface area contributed by atoms with Gasteiger partial charge in [0.25, 0.3) is 0 Å². The third-order valence-electron chi connectivity index (χ3n) is 1.82. The summed E-state index contributed by atoms with van der Waals surface area (Å²) in [5.41, 5.74) is 4.74. The van der Waals surface area contributed by atoms with Crippen LogP contribution in [0, 0.1) is 12.1 Å². The van der Waals surface area contributed by atoms with Crippen LogP contribution >= 0.6 is 0 Å². The van der Waals surface area contributed by atoms with Crippen molar-refractivity contribution in [2.75, 3.05) is 6.54 Å². The second-order valence-corrected chi connectivity index (χ2v) is 2.88. The highest BCUT2D eigenvalue weighted by Crippen LogP contribution is 2.31. The molecule has 1 rings (SSSR count). The van der Waals surface area contributed by atoms with Gasteiger partial charge >= 0.3 is 6.18 Å². The summed E-state index contributed by atoms with van der Waals surface area (Å²) in [4.78, 5) is 0. The lowest BCUT2D eigenvalue weighted by molar-refractivity contribution is -0.138. The first-order chi connectivity index (χ1) is 6.55. The average molecular weight is 201 g/mol. The third-order valence-corrected chi connectivity index (χ3v) is 1.82. The van der Waals surface area contributed by atoms with Gasteiger partial charge in [-0.2, -0.15) is 13.2 Å². The smallest absolute Gasteiger partial charge is 0.330 e. The number of nitrogens with two attached hydrogens (primary N) is 1. The molecule has 0 aliphatic rings. The zero-order valence-corrected chi connectivity index (χ0v) is 7.49. The van der Waals surface area contributed by atoms with Gasteiger partial charge in [0.15, 0.2) is 0 Å². The van der Waals surface area contributed by atoms with Crippen molar-refractivity contribution >= 4 is 0 Å². The van der Waals surface area contributed by atoms with Gasteiger partial charge < -0.3 is 5.73 Å². The van der Waals surface area contributed by atoms with Gasteiger partial charge in [-0.25, -0.2) is 0 Å². The van der Waals surface area contributed by atoms with Crippen LogP contribution in [0.3, 0.4) is 0 Å². The molecule has 1 aromatic carbocycles. The van der Waals surface area contributed by atoms with Crippen molar-refractivity contribution in [2.45, 2.75) is 19.0 Å². The molecule has 14 heavy (non-hydrogen) atoms. The molecule has 0 aliphatic heterocycles. The van der Waals surface area contributed by atoms with Crippen LogP contribution in [0.1, 0.15) is 17.5 Å². The van der Waals surface area contributed by atoms with Crippen LogP contribution in [-0.4, -0.2) is 6.54 Å². The topological polar surface area (TPSA) is 26.0 Å². The molecule has 0 amide bonds. The summed E-state index contributed by atoms with van der Waals surface area (Å²) in [6, 6.07) is 7.23. The van der Waals surface area contributed by atoms with Crippen molar-refractivity contribution in [1.29, 1.82) is 0 Å². The van der Waals surface area contributed by atoms with Crippen LogP contribution < -0.4 is 5.73 Å². The van der Waals surface area contributed by atoms with Gasteiger partial charge in [-0.3, -0.25) is 0 Å². The monoisotopic (exact) mass is 201 g/mol. The van der Waals surface area contributed by atoms with E-state index in [0.717, 1.165) is 6.07 Å². The Labute approximate surface area is 80.7 Å². The minimum Gasteiger partial charge on any atom is -0.330 e. The molecule has 1 aromatic rings. The number of rotatable bonds is 3. The lowest BCUT2D eigenvalue weighted by Crippen LogP contribution is -2.10. The van der Waals surface area contributed by atoms with Gasteiger partial charge in [-0.15, -0.1) is 0 Å². The molecule has 0 spiro atoms. The van der Waals surface area contributed by atoms with E-state index < -0.39 is 11.7 Å². The van der Waals surface area contributed by atoms with Gasteiger partial charge in [0.05, 0.1) is 5.56 Å². The molecule has 0 saturated heterocycles. The van der Waals surface area contributed by atoms with E-state index in [1.54, 1.807) is 0 Å². The lowest BCUT2D eigenvalue weighted by atomic mass is 10.0. The molecular weight excluding hydrogens is 191 g/mol. The largest absolute Gasteiger partial charge is 0.417 e. The lowest BCUT2D eigenvalue weighted by Gasteiger charge is -2.09. The first-order valence-electron chi connectivity index (χ1n) is 4.24. The van der Waals surface area contributed by atoms with E-state index in [2.05, 4.69) is 12.1 Å². The van der Waals surface area contributed by atoms with Crippen molar-refractivity contribution in [1.82, 2.24) is 0 Å². The zero-order chi connectivity index (χ0) is 10.6. The Morgan fingerprint density at radius 1 is 1.36 bits per heavy atom.